The summed E-state index contributed by atoms with van der Waals surface area (Å²) in [6.45, 7) is 13.4. The van der Waals surface area contributed by atoms with Crippen LogP contribution in [0.3, 0.4) is 0 Å². The zero-order valence-corrected chi connectivity index (χ0v) is 31.6. The number of nitrogens with zero attached hydrogens (tertiary/aromatic N) is 7. The van der Waals surface area contributed by atoms with Crippen LogP contribution >= 0.6 is 0 Å². The van der Waals surface area contributed by atoms with Crippen LogP contribution in [0.5, 0.6) is 11.5 Å². The quantitative estimate of drug-likeness (QED) is 0.229. The van der Waals surface area contributed by atoms with Gasteiger partial charge in [0.25, 0.3) is 11.1 Å². The number of aromatic nitrogens is 5. The van der Waals surface area contributed by atoms with Crippen LogP contribution in [0, 0.1) is 13.8 Å². The van der Waals surface area contributed by atoms with E-state index in [1.165, 1.54) is 12.4 Å². The Morgan fingerprint density at radius 2 is 1.22 bits per heavy atom. The van der Waals surface area contributed by atoms with Gasteiger partial charge >= 0.3 is 0 Å². The fourth-order valence-corrected chi connectivity index (χ4v) is 7.48. The van der Waals surface area contributed by atoms with E-state index in [0.717, 1.165) is 128 Å². The molecule has 0 spiro atoms. The first-order chi connectivity index (χ1) is 26.3. The Balaban J connectivity index is 0.000000184. The average molecular weight is 736 g/mol. The maximum Gasteiger partial charge on any atom is 0.269 e. The van der Waals surface area contributed by atoms with E-state index in [4.69, 9.17) is 15.2 Å². The molecular formula is C41H53N9O4. The third kappa shape index (κ3) is 9.51. The minimum absolute atomic E-state index is 0.0261. The number of aryl methyl sites for hydroxylation is 2. The molecule has 0 atom stereocenters. The lowest BCUT2D eigenvalue weighted by atomic mass is 10.0. The highest BCUT2D eigenvalue weighted by Gasteiger charge is 2.20. The molecule has 13 heteroatoms. The molecule has 0 bridgehead atoms. The third-order valence-corrected chi connectivity index (χ3v) is 10.8. The number of ether oxygens (including phenoxy) is 2. The Kier molecular flexibility index (Phi) is 12.3. The topological polar surface area (TPSA) is 146 Å². The lowest BCUT2D eigenvalue weighted by molar-refractivity contribution is 0.191. The van der Waals surface area contributed by atoms with Gasteiger partial charge in [-0.3, -0.25) is 14.6 Å². The second-order valence-electron chi connectivity index (χ2n) is 14.8. The summed E-state index contributed by atoms with van der Waals surface area (Å²) in [4.78, 5) is 42.4. The van der Waals surface area contributed by atoms with Crippen molar-refractivity contribution in [2.75, 3.05) is 52.5 Å². The second-order valence-corrected chi connectivity index (χ2v) is 14.8. The van der Waals surface area contributed by atoms with Crippen molar-refractivity contribution in [3.8, 4) is 11.5 Å². The molecule has 3 aliphatic rings. The molecule has 6 heterocycles. The van der Waals surface area contributed by atoms with E-state index in [1.54, 1.807) is 6.20 Å². The Morgan fingerprint density at radius 1 is 0.685 bits per heavy atom. The largest absolute Gasteiger partial charge is 0.489 e. The van der Waals surface area contributed by atoms with Gasteiger partial charge in [-0.15, -0.1) is 0 Å². The van der Waals surface area contributed by atoms with E-state index < -0.39 is 0 Å². The molecule has 54 heavy (non-hydrogen) atoms. The monoisotopic (exact) mass is 735 g/mol. The Bertz CT molecular complexity index is 2150. The van der Waals surface area contributed by atoms with Crippen molar-refractivity contribution in [1.29, 1.82) is 0 Å². The number of rotatable bonds is 9. The molecule has 3 aliphatic heterocycles. The van der Waals surface area contributed by atoms with E-state index in [0.29, 0.717) is 38.4 Å². The van der Waals surface area contributed by atoms with Gasteiger partial charge in [-0.05, 0) is 101 Å². The molecule has 2 fully saturated rings. The highest BCUT2D eigenvalue weighted by Crippen LogP contribution is 2.29. The van der Waals surface area contributed by atoms with E-state index in [9.17, 15) is 9.59 Å². The van der Waals surface area contributed by atoms with Crippen molar-refractivity contribution >= 4 is 22.1 Å². The maximum absolute atomic E-state index is 12.4. The number of pyridine rings is 1. The number of nitrogens with two attached hydrogens (primary N) is 1. The van der Waals surface area contributed by atoms with Crippen molar-refractivity contribution < 1.29 is 9.47 Å². The normalized spacial score (nSPS) is 17.3. The lowest BCUT2D eigenvalue weighted by Gasteiger charge is -2.32. The van der Waals surface area contributed by atoms with Gasteiger partial charge in [-0.2, -0.15) is 0 Å². The predicted octanol–water partition coefficient (Wildman–Crippen LogP) is 3.64. The van der Waals surface area contributed by atoms with Crippen LogP contribution in [0.1, 0.15) is 48.9 Å². The minimum atomic E-state index is -0.0349. The Hall–Kier alpha value is -4.69. The van der Waals surface area contributed by atoms with Gasteiger partial charge in [-0.25, -0.2) is 9.97 Å². The van der Waals surface area contributed by atoms with Gasteiger partial charge in [0, 0.05) is 57.3 Å². The number of nitrogens with one attached hydrogen (secondary N) is 1. The molecule has 0 amide bonds. The van der Waals surface area contributed by atoms with E-state index in [1.807, 2.05) is 65.4 Å². The van der Waals surface area contributed by atoms with Crippen LogP contribution < -0.4 is 31.6 Å². The molecule has 3 N–H and O–H groups in total. The van der Waals surface area contributed by atoms with Gasteiger partial charge in [0.2, 0.25) is 0 Å². The van der Waals surface area contributed by atoms with Crippen LogP contribution in [0.25, 0.3) is 22.1 Å². The van der Waals surface area contributed by atoms with Gasteiger partial charge in [0.15, 0.2) is 11.5 Å². The molecule has 8 rings (SSSR count). The summed E-state index contributed by atoms with van der Waals surface area (Å²) >= 11 is 0. The molecule has 5 aromatic rings. The SMILES string of the molecule is Cc1ccc2ncc(=O)n(CCN3CCC(N)CC3)c2c1.Cc1ccc2ncc(=O)n(CCN3CCC(NCc4cc5c(cn4)OCCCO5)CC3)c2c1. The molecule has 2 aromatic carbocycles. The Labute approximate surface area is 316 Å². The number of piperidine rings is 2. The van der Waals surface area contributed by atoms with Crippen LogP contribution in [-0.2, 0) is 19.6 Å². The lowest BCUT2D eigenvalue weighted by Crippen LogP contribution is -2.43. The zero-order chi connectivity index (χ0) is 37.4. The van der Waals surface area contributed by atoms with Gasteiger partial charge < -0.3 is 39.5 Å². The van der Waals surface area contributed by atoms with Gasteiger partial charge in [-0.1, -0.05) is 12.1 Å². The van der Waals surface area contributed by atoms with E-state index in [-0.39, 0.29) is 11.1 Å². The van der Waals surface area contributed by atoms with Gasteiger partial charge in [0.1, 0.15) is 0 Å². The summed E-state index contributed by atoms with van der Waals surface area (Å²) in [5, 5.41) is 3.65. The number of fused-ring (bicyclic) bond motifs is 3. The fraction of sp³-hybridized carbons (Fsp3) is 0.488. The summed E-state index contributed by atoms with van der Waals surface area (Å²) in [5.74, 6) is 1.53. The molecule has 3 aromatic heterocycles. The molecule has 0 saturated carbocycles. The number of likely N-dealkylation sites (tertiary alicyclic amines) is 2. The molecule has 0 unspecified atom stereocenters. The van der Waals surface area contributed by atoms with Gasteiger partial charge in [0.05, 0.1) is 59.6 Å². The number of hydrogen-bond donors (Lipinski definition) is 2. The van der Waals surface area contributed by atoms with Crippen LogP contribution in [0.4, 0.5) is 0 Å². The predicted molar refractivity (Wildman–Crippen MR) is 211 cm³/mol. The highest BCUT2D eigenvalue weighted by molar-refractivity contribution is 5.76. The minimum Gasteiger partial charge on any atom is -0.489 e. The Morgan fingerprint density at radius 3 is 1.80 bits per heavy atom. The molecule has 0 aliphatic carbocycles. The van der Waals surface area contributed by atoms with Crippen LogP contribution in [0.2, 0.25) is 0 Å². The summed E-state index contributed by atoms with van der Waals surface area (Å²) < 4.78 is 15.1. The van der Waals surface area contributed by atoms with Crippen molar-refractivity contribution in [1.82, 2.24) is 39.2 Å². The molecular weight excluding hydrogens is 683 g/mol. The fourth-order valence-electron chi connectivity index (χ4n) is 7.48. The number of hydrogen-bond acceptors (Lipinski definition) is 11. The van der Waals surface area contributed by atoms with Crippen molar-refractivity contribution in [3.05, 3.63) is 98.6 Å². The average Bonchev–Trinajstić information content (AvgIpc) is 3.43. The molecule has 2 saturated heterocycles. The van der Waals surface area contributed by atoms with E-state index >= 15 is 0 Å². The maximum atomic E-state index is 12.4. The van der Waals surface area contributed by atoms with Crippen molar-refractivity contribution in [2.45, 2.75) is 77.7 Å². The van der Waals surface area contributed by atoms with E-state index in [2.05, 4.69) is 30.1 Å². The van der Waals surface area contributed by atoms with Crippen molar-refractivity contribution in [2.24, 2.45) is 5.73 Å². The van der Waals surface area contributed by atoms with Crippen molar-refractivity contribution in [3.63, 3.8) is 0 Å². The first-order valence-electron chi connectivity index (χ1n) is 19.4. The zero-order valence-electron chi connectivity index (χ0n) is 31.6. The highest BCUT2D eigenvalue weighted by atomic mass is 16.5. The summed E-state index contributed by atoms with van der Waals surface area (Å²) in [7, 11) is 0. The third-order valence-electron chi connectivity index (χ3n) is 10.8. The summed E-state index contributed by atoms with van der Waals surface area (Å²) in [6, 6.07) is 14.9. The standard InChI is InChI=1S/C25H31N5O3.C16H22N4O/c1-18-3-4-21-22(13-18)30(25(31)17-28-21)10-9-29-7-5-19(6-8-29)26-15-20-14-23-24(16-27-20)33-12-2-11-32-23;1-12-2-3-14-15(10-12)20(16(21)11-18-14)9-8-19-6-4-13(17)5-7-19/h3-4,13-14,16-17,19,26H,2,5-12,15H2,1H3;2-3,10-11,13H,4-9,17H2,1H3. The first kappa shape index (κ1) is 37.6. The summed E-state index contributed by atoms with van der Waals surface area (Å²) in [6.07, 6.45) is 9.77. The second kappa shape index (κ2) is 17.6. The smallest absolute Gasteiger partial charge is 0.269 e. The number of benzene rings is 2. The van der Waals surface area contributed by atoms with Crippen LogP contribution in [0.15, 0.2) is 70.6 Å². The van der Waals surface area contributed by atoms with Crippen LogP contribution in [-0.4, -0.2) is 98.5 Å². The molecule has 0 radical (unpaired) electrons. The summed E-state index contributed by atoms with van der Waals surface area (Å²) in [5.41, 5.74) is 12.7. The molecule has 13 nitrogen and oxygen atoms in total. The first-order valence-corrected chi connectivity index (χ1v) is 19.4. The molecule has 286 valence electrons.